The van der Waals surface area contributed by atoms with Crippen molar-refractivity contribution in [2.24, 2.45) is 0 Å². The zero-order chi connectivity index (χ0) is 29.9. The van der Waals surface area contributed by atoms with Crippen molar-refractivity contribution in [3.05, 3.63) is 47.0 Å². The molecule has 0 fully saturated rings. The fourth-order valence-corrected chi connectivity index (χ4v) is 5.37. The molecule has 0 aliphatic carbocycles. The zero-order valence-corrected chi connectivity index (χ0v) is 22.9. The van der Waals surface area contributed by atoms with Gasteiger partial charge in [0.05, 0.1) is 41.5 Å². The van der Waals surface area contributed by atoms with Crippen molar-refractivity contribution in [3.8, 4) is 28.9 Å². The van der Waals surface area contributed by atoms with Gasteiger partial charge in [-0.1, -0.05) is 17.7 Å². The van der Waals surface area contributed by atoms with Crippen LogP contribution in [-0.2, 0) is 0 Å². The molecule has 0 saturated carbocycles. The van der Waals surface area contributed by atoms with Crippen LogP contribution in [0.15, 0.2) is 30.6 Å². The smallest absolute Gasteiger partial charge is 0.475 e. The number of alkyl halides is 3. The number of aromatic amines is 1. The highest BCUT2D eigenvalue weighted by Gasteiger charge is 2.38. The molecular formula is C26H21ClF4N8O3. The molecule has 42 heavy (non-hydrogen) atoms. The number of nitrogen functional groups attached to an aromatic ring is 1. The van der Waals surface area contributed by atoms with E-state index < -0.39 is 40.3 Å². The number of hydrogen-bond donors (Lipinski definition) is 2. The summed E-state index contributed by atoms with van der Waals surface area (Å²) in [4.78, 5) is 19.1. The Bertz CT molecular complexity index is 1850. The van der Waals surface area contributed by atoms with Gasteiger partial charge in [-0.05, 0) is 26.0 Å². The van der Waals surface area contributed by atoms with Crippen molar-refractivity contribution in [3.63, 3.8) is 0 Å². The summed E-state index contributed by atoms with van der Waals surface area (Å²) < 4.78 is 72.7. The number of hydrogen-bond acceptors (Lipinski definition) is 10. The van der Waals surface area contributed by atoms with E-state index in [-0.39, 0.29) is 52.2 Å². The first-order valence-corrected chi connectivity index (χ1v) is 12.8. The second-order valence-electron chi connectivity index (χ2n) is 9.50. The van der Waals surface area contributed by atoms with Crippen LogP contribution >= 0.6 is 11.6 Å². The summed E-state index contributed by atoms with van der Waals surface area (Å²) in [7, 11) is 1.31. The van der Waals surface area contributed by atoms with E-state index in [1.807, 2.05) is 18.7 Å². The molecule has 11 nitrogen and oxygen atoms in total. The van der Waals surface area contributed by atoms with Gasteiger partial charge in [0.15, 0.2) is 11.6 Å². The second-order valence-corrected chi connectivity index (χ2v) is 9.91. The Morgan fingerprint density at radius 2 is 2.05 bits per heavy atom. The van der Waals surface area contributed by atoms with Crippen LogP contribution in [0.25, 0.3) is 33.1 Å². The molecule has 1 aromatic carbocycles. The maximum absolute atomic E-state index is 16.6. The van der Waals surface area contributed by atoms with Gasteiger partial charge in [0.2, 0.25) is 5.88 Å². The SMILES string of the molecule is COc1nc2c3c(nc(-c4c(OC(F)(F)F)c(Cl)cc5[nH]ncc45)c(F)c3n1)OC[C@H](C)N2C(C)c1cccnc1N. The first-order valence-electron chi connectivity index (χ1n) is 12.5. The highest BCUT2D eigenvalue weighted by atomic mass is 35.5. The predicted molar refractivity (Wildman–Crippen MR) is 145 cm³/mol. The lowest BCUT2D eigenvalue weighted by Crippen LogP contribution is -2.39. The molecule has 5 aromatic rings. The monoisotopic (exact) mass is 604 g/mol. The van der Waals surface area contributed by atoms with Crippen LogP contribution in [0.3, 0.4) is 0 Å². The Labute approximate surface area is 239 Å². The molecule has 0 radical (unpaired) electrons. The molecule has 2 atom stereocenters. The molecule has 218 valence electrons. The normalized spacial score (nSPS) is 15.9. The van der Waals surface area contributed by atoms with Gasteiger partial charge in [-0.25, -0.2) is 14.4 Å². The van der Waals surface area contributed by atoms with E-state index in [0.717, 1.165) is 0 Å². The molecule has 0 saturated heterocycles. The number of anilines is 2. The third-order valence-corrected chi connectivity index (χ3v) is 7.20. The summed E-state index contributed by atoms with van der Waals surface area (Å²) >= 11 is 6.20. The van der Waals surface area contributed by atoms with Gasteiger partial charge in [-0.2, -0.15) is 15.1 Å². The molecule has 0 amide bonds. The van der Waals surface area contributed by atoms with E-state index in [4.69, 9.17) is 26.8 Å². The van der Waals surface area contributed by atoms with Crippen molar-refractivity contribution in [2.75, 3.05) is 24.4 Å². The van der Waals surface area contributed by atoms with Crippen molar-refractivity contribution in [1.82, 2.24) is 30.1 Å². The number of aromatic nitrogens is 6. The number of nitrogens with one attached hydrogen (secondary N) is 1. The number of pyridine rings is 2. The van der Waals surface area contributed by atoms with Crippen LogP contribution in [0, 0.1) is 5.82 Å². The Morgan fingerprint density at radius 1 is 1.26 bits per heavy atom. The van der Waals surface area contributed by atoms with Crippen molar-refractivity contribution in [2.45, 2.75) is 32.3 Å². The zero-order valence-electron chi connectivity index (χ0n) is 22.1. The fraction of sp³-hybridized carbons (Fsp3) is 0.269. The quantitative estimate of drug-likeness (QED) is 0.244. The molecule has 1 unspecified atom stereocenters. The minimum atomic E-state index is -5.15. The lowest BCUT2D eigenvalue weighted by molar-refractivity contribution is -0.274. The number of ether oxygens (including phenoxy) is 3. The highest BCUT2D eigenvalue weighted by Crippen LogP contribution is 2.48. The van der Waals surface area contributed by atoms with Crippen molar-refractivity contribution < 1.29 is 31.8 Å². The third-order valence-electron chi connectivity index (χ3n) is 6.92. The van der Waals surface area contributed by atoms with Crippen LogP contribution in [0.2, 0.25) is 5.02 Å². The molecule has 6 rings (SSSR count). The minimum absolute atomic E-state index is 0.0406. The van der Waals surface area contributed by atoms with Gasteiger partial charge < -0.3 is 24.8 Å². The van der Waals surface area contributed by atoms with E-state index in [0.29, 0.717) is 11.4 Å². The van der Waals surface area contributed by atoms with Crippen LogP contribution in [0.1, 0.15) is 25.5 Å². The number of H-pyrrole nitrogens is 1. The third kappa shape index (κ3) is 4.49. The molecule has 3 N–H and O–H groups in total. The van der Waals surface area contributed by atoms with Crippen molar-refractivity contribution >= 4 is 45.0 Å². The molecule has 4 aromatic heterocycles. The summed E-state index contributed by atoms with van der Waals surface area (Å²) in [5, 5.41) is 6.20. The van der Waals surface area contributed by atoms with Gasteiger partial charge in [0, 0.05) is 17.1 Å². The summed E-state index contributed by atoms with van der Waals surface area (Å²) in [6.07, 6.45) is -2.37. The lowest BCUT2D eigenvalue weighted by Gasteiger charge is -2.34. The molecular weight excluding hydrogens is 584 g/mol. The van der Waals surface area contributed by atoms with Gasteiger partial charge >= 0.3 is 12.4 Å². The fourth-order valence-electron chi connectivity index (χ4n) is 5.13. The Balaban J connectivity index is 1.66. The first kappa shape index (κ1) is 27.5. The predicted octanol–water partition coefficient (Wildman–Crippen LogP) is 5.59. The maximum Gasteiger partial charge on any atom is 0.573 e. The number of methoxy groups -OCH3 is 1. The Kier molecular flexibility index (Phi) is 6.55. The van der Waals surface area contributed by atoms with E-state index in [9.17, 15) is 13.2 Å². The summed E-state index contributed by atoms with van der Waals surface area (Å²) in [5.41, 5.74) is 5.81. The number of nitrogens with two attached hydrogens (primary N) is 1. The number of fused-ring (bicyclic) bond motifs is 1. The topological polar surface area (TPSA) is 137 Å². The van der Waals surface area contributed by atoms with Gasteiger partial charge in [0.1, 0.15) is 34.8 Å². The van der Waals surface area contributed by atoms with Gasteiger partial charge in [-0.3, -0.25) is 5.10 Å². The standard InChI is InChI=1S/C26H21ClF4N8O3/c1-10-9-41-24-17-20(36-25(40-3)37-23(17)39(10)11(2)12-5-4-6-33-22(12)32)18(28)19(35-24)16-13-8-34-38-15(13)7-14(27)21(16)42-26(29,30)31/h4-8,10-11H,9H2,1-3H3,(H2,32,33)(H,34,38)/t10-,11?/m0/s1. The number of nitrogens with zero attached hydrogens (tertiary/aromatic N) is 6. The van der Waals surface area contributed by atoms with Crippen molar-refractivity contribution in [1.29, 1.82) is 0 Å². The average Bonchev–Trinajstić information content (AvgIpc) is 3.35. The second kappa shape index (κ2) is 10.0. The average molecular weight is 605 g/mol. The molecule has 1 aliphatic rings. The van der Waals surface area contributed by atoms with Gasteiger partial charge in [-0.15, -0.1) is 13.2 Å². The van der Waals surface area contributed by atoms with E-state index in [1.165, 1.54) is 19.4 Å². The maximum atomic E-state index is 16.6. The van der Waals surface area contributed by atoms with Crippen LogP contribution in [-0.4, -0.2) is 56.3 Å². The molecule has 16 heteroatoms. The Morgan fingerprint density at radius 3 is 2.76 bits per heavy atom. The van der Waals surface area contributed by atoms with Crippen LogP contribution in [0.5, 0.6) is 17.6 Å². The number of halogens is 5. The molecule has 5 heterocycles. The summed E-state index contributed by atoms with van der Waals surface area (Å²) in [5.74, 6) is -1.55. The van der Waals surface area contributed by atoms with Crippen LogP contribution in [0.4, 0.5) is 29.2 Å². The Hall–Kier alpha value is -4.66. The van der Waals surface area contributed by atoms with Gasteiger partial charge in [0.25, 0.3) is 0 Å². The van der Waals surface area contributed by atoms with E-state index in [2.05, 4.69) is 34.9 Å². The molecule has 0 bridgehead atoms. The lowest BCUT2D eigenvalue weighted by atomic mass is 10.0. The van der Waals surface area contributed by atoms with E-state index >= 15 is 4.39 Å². The number of benzene rings is 1. The first-order chi connectivity index (χ1) is 20.0. The minimum Gasteiger partial charge on any atom is -0.475 e. The molecule has 1 aliphatic heterocycles. The van der Waals surface area contributed by atoms with Crippen LogP contribution < -0.4 is 24.8 Å². The van der Waals surface area contributed by atoms with E-state index in [1.54, 1.807) is 18.3 Å². The molecule has 0 spiro atoms. The summed E-state index contributed by atoms with van der Waals surface area (Å²) in [6, 6.07) is 3.73. The summed E-state index contributed by atoms with van der Waals surface area (Å²) in [6.45, 7) is 3.77. The largest absolute Gasteiger partial charge is 0.573 e. The number of rotatable bonds is 5. The highest BCUT2D eigenvalue weighted by molar-refractivity contribution is 6.33.